The fourth-order valence-corrected chi connectivity index (χ4v) is 1.67. The number of alkyl carbamates (subject to hydrolysis) is 1. The highest BCUT2D eigenvalue weighted by molar-refractivity contribution is 5.93. The second-order valence-electron chi connectivity index (χ2n) is 5.62. The number of ether oxygens (including phenoxy) is 2. The number of aromatic hydroxyl groups is 1. The molecule has 1 aromatic carbocycles. The van der Waals surface area contributed by atoms with Gasteiger partial charge >= 0.3 is 6.09 Å². The zero-order chi connectivity index (χ0) is 16.0. The molecule has 116 valence electrons. The van der Waals surface area contributed by atoms with Crippen LogP contribution in [-0.2, 0) is 27.3 Å². The van der Waals surface area contributed by atoms with E-state index in [0.29, 0.717) is 11.1 Å². The van der Waals surface area contributed by atoms with E-state index in [1.807, 2.05) is 0 Å². The topological polar surface area (TPSA) is 84.9 Å². The molecule has 0 bridgehead atoms. The number of carbonyl (C=O) groups excluding carboxylic acids is 2. The molecule has 0 heterocycles. The van der Waals surface area contributed by atoms with E-state index in [-0.39, 0.29) is 18.8 Å². The molecule has 0 fully saturated rings. The van der Waals surface area contributed by atoms with Crippen LogP contribution in [0.2, 0.25) is 0 Å². The van der Waals surface area contributed by atoms with Gasteiger partial charge in [-0.3, -0.25) is 10.1 Å². The Morgan fingerprint density at radius 3 is 2.52 bits per heavy atom. The van der Waals surface area contributed by atoms with Crippen molar-refractivity contribution in [1.29, 1.82) is 0 Å². The highest BCUT2D eigenvalue weighted by atomic mass is 16.6. The standard InChI is InChI=1S/C15H21NO5/c1-15(2,3)21-14(19)16-13(18)8-10-5-6-12(17)11(7-10)9-20-4/h5-7,17H,8-9H2,1-4H3,(H,16,18,19). The van der Waals surface area contributed by atoms with Crippen molar-refractivity contribution >= 4 is 12.0 Å². The first-order valence-corrected chi connectivity index (χ1v) is 6.54. The van der Waals surface area contributed by atoms with Gasteiger partial charge in [0.25, 0.3) is 0 Å². The number of nitrogens with one attached hydrogen (secondary N) is 1. The van der Waals surface area contributed by atoms with Gasteiger partial charge in [-0.2, -0.15) is 0 Å². The molecule has 0 aromatic heterocycles. The van der Waals surface area contributed by atoms with Crippen LogP contribution < -0.4 is 5.32 Å². The fourth-order valence-electron chi connectivity index (χ4n) is 1.67. The highest BCUT2D eigenvalue weighted by Crippen LogP contribution is 2.19. The maximum absolute atomic E-state index is 11.8. The van der Waals surface area contributed by atoms with E-state index >= 15 is 0 Å². The number of rotatable bonds is 4. The predicted molar refractivity (Wildman–Crippen MR) is 76.9 cm³/mol. The average molecular weight is 295 g/mol. The minimum atomic E-state index is -0.775. The average Bonchev–Trinajstić information content (AvgIpc) is 2.31. The molecule has 6 heteroatoms. The minimum Gasteiger partial charge on any atom is -0.508 e. The molecular formula is C15H21NO5. The van der Waals surface area contributed by atoms with E-state index in [0.717, 1.165) is 0 Å². The molecular weight excluding hydrogens is 274 g/mol. The van der Waals surface area contributed by atoms with Crippen molar-refractivity contribution in [1.82, 2.24) is 5.32 Å². The summed E-state index contributed by atoms with van der Waals surface area (Å²) >= 11 is 0. The van der Waals surface area contributed by atoms with Crippen molar-refractivity contribution in [2.75, 3.05) is 7.11 Å². The number of hydrogen-bond donors (Lipinski definition) is 2. The van der Waals surface area contributed by atoms with Gasteiger partial charge in [0.2, 0.25) is 5.91 Å². The van der Waals surface area contributed by atoms with Gasteiger partial charge in [0.1, 0.15) is 11.4 Å². The summed E-state index contributed by atoms with van der Waals surface area (Å²) in [7, 11) is 1.52. The van der Waals surface area contributed by atoms with Gasteiger partial charge in [-0.05, 0) is 38.5 Å². The number of hydrogen-bond acceptors (Lipinski definition) is 5. The van der Waals surface area contributed by atoms with Crippen molar-refractivity contribution in [2.24, 2.45) is 0 Å². The summed E-state index contributed by atoms with van der Waals surface area (Å²) < 4.78 is 9.95. The second-order valence-corrected chi connectivity index (χ2v) is 5.62. The smallest absolute Gasteiger partial charge is 0.414 e. The lowest BCUT2D eigenvalue weighted by Gasteiger charge is -2.19. The predicted octanol–water partition coefficient (Wildman–Crippen LogP) is 2.13. The maximum Gasteiger partial charge on any atom is 0.414 e. The highest BCUT2D eigenvalue weighted by Gasteiger charge is 2.18. The van der Waals surface area contributed by atoms with Crippen LogP contribution in [0.15, 0.2) is 18.2 Å². The number of carbonyl (C=O) groups is 2. The first kappa shape index (κ1) is 17.0. The van der Waals surface area contributed by atoms with Crippen LogP contribution in [0, 0.1) is 0 Å². The second kappa shape index (κ2) is 7.08. The molecule has 6 nitrogen and oxygen atoms in total. The van der Waals surface area contributed by atoms with Crippen LogP contribution in [0.5, 0.6) is 5.75 Å². The summed E-state index contributed by atoms with van der Waals surface area (Å²) in [6, 6.07) is 4.76. The van der Waals surface area contributed by atoms with Gasteiger partial charge in [-0.25, -0.2) is 4.79 Å². The third-order valence-electron chi connectivity index (χ3n) is 2.45. The van der Waals surface area contributed by atoms with Crippen molar-refractivity contribution in [3.05, 3.63) is 29.3 Å². The zero-order valence-electron chi connectivity index (χ0n) is 12.7. The van der Waals surface area contributed by atoms with E-state index in [1.54, 1.807) is 32.9 Å². The lowest BCUT2D eigenvalue weighted by atomic mass is 10.1. The molecule has 0 radical (unpaired) electrons. The molecule has 21 heavy (non-hydrogen) atoms. The quantitative estimate of drug-likeness (QED) is 0.889. The fraction of sp³-hybridized carbons (Fsp3) is 0.467. The Hall–Kier alpha value is -2.08. The molecule has 0 saturated heterocycles. The van der Waals surface area contributed by atoms with Crippen LogP contribution in [0.1, 0.15) is 31.9 Å². The van der Waals surface area contributed by atoms with Gasteiger partial charge in [0, 0.05) is 12.7 Å². The lowest BCUT2D eigenvalue weighted by Crippen LogP contribution is -2.37. The van der Waals surface area contributed by atoms with Crippen LogP contribution in [0.25, 0.3) is 0 Å². The molecule has 0 saturated carbocycles. The van der Waals surface area contributed by atoms with Crippen LogP contribution in [0.4, 0.5) is 4.79 Å². The Balaban J connectivity index is 2.63. The van der Waals surface area contributed by atoms with Gasteiger partial charge in [-0.15, -0.1) is 0 Å². The molecule has 0 aliphatic heterocycles. The summed E-state index contributed by atoms with van der Waals surface area (Å²) in [5, 5.41) is 11.8. The molecule has 0 unspecified atom stereocenters. The summed E-state index contributed by atoms with van der Waals surface area (Å²) in [5.74, 6) is -0.369. The van der Waals surface area contributed by atoms with Crippen molar-refractivity contribution < 1.29 is 24.2 Å². The molecule has 2 N–H and O–H groups in total. The van der Waals surface area contributed by atoms with Crippen LogP contribution in [0.3, 0.4) is 0 Å². The number of imide groups is 1. The molecule has 0 atom stereocenters. The lowest BCUT2D eigenvalue weighted by molar-refractivity contribution is -0.120. The third-order valence-corrected chi connectivity index (χ3v) is 2.45. The summed E-state index contributed by atoms with van der Waals surface area (Å²) in [5.41, 5.74) is 0.593. The largest absolute Gasteiger partial charge is 0.508 e. The molecule has 0 spiro atoms. The number of benzene rings is 1. The summed E-state index contributed by atoms with van der Waals surface area (Å²) in [6.07, 6.45) is -0.764. The van der Waals surface area contributed by atoms with Crippen LogP contribution >= 0.6 is 0 Å². The molecule has 0 aliphatic carbocycles. The number of amides is 2. The molecule has 2 amide bonds. The van der Waals surface area contributed by atoms with E-state index in [9.17, 15) is 14.7 Å². The Morgan fingerprint density at radius 1 is 1.29 bits per heavy atom. The van der Waals surface area contributed by atoms with Gasteiger partial charge in [0.15, 0.2) is 0 Å². The Morgan fingerprint density at radius 2 is 1.95 bits per heavy atom. The molecule has 1 aromatic rings. The molecule has 1 rings (SSSR count). The van der Waals surface area contributed by atoms with Gasteiger partial charge in [0.05, 0.1) is 13.0 Å². The van der Waals surface area contributed by atoms with Gasteiger partial charge < -0.3 is 14.6 Å². The number of phenols is 1. The zero-order valence-corrected chi connectivity index (χ0v) is 12.7. The number of phenolic OH excluding ortho intramolecular Hbond substituents is 1. The van der Waals surface area contributed by atoms with E-state index in [1.165, 1.54) is 13.2 Å². The first-order valence-electron chi connectivity index (χ1n) is 6.54. The monoisotopic (exact) mass is 295 g/mol. The van der Waals surface area contributed by atoms with Gasteiger partial charge in [-0.1, -0.05) is 6.07 Å². The summed E-state index contributed by atoms with van der Waals surface area (Å²) in [4.78, 5) is 23.2. The maximum atomic E-state index is 11.8. The van der Waals surface area contributed by atoms with Crippen molar-refractivity contribution in [3.63, 3.8) is 0 Å². The summed E-state index contributed by atoms with van der Waals surface area (Å²) in [6.45, 7) is 5.39. The SMILES string of the molecule is COCc1cc(CC(=O)NC(=O)OC(C)(C)C)ccc1O. The van der Waals surface area contributed by atoms with E-state index < -0.39 is 17.6 Å². The Labute approximate surface area is 124 Å². The first-order chi connectivity index (χ1) is 9.71. The normalized spacial score (nSPS) is 11.0. The molecule has 0 aliphatic rings. The minimum absolute atomic E-state index is 0.0102. The third kappa shape index (κ3) is 6.27. The Bertz CT molecular complexity index is 519. The number of methoxy groups -OCH3 is 1. The van der Waals surface area contributed by atoms with Crippen molar-refractivity contribution in [3.8, 4) is 5.75 Å². The van der Waals surface area contributed by atoms with E-state index in [2.05, 4.69) is 5.32 Å². The van der Waals surface area contributed by atoms with Crippen LogP contribution in [-0.4, -0.2) is 29.8 Å². The Kier molecular flexibility index (Phi) is 5.72. The van der Waals surface area contributed by atoms with E-state index in [4.69, 9.17) is 9.47 Å². The van der Waals surface area contributed by atoms with Crippen molar-refractivity contribution in [2.45, 2.75) is 39.4 Å².